The molecule has 2 aliphatic rings. The van der Waals surface area contributed by atoms with Crippen LogP contribution in [0.1, 0.15) is 42.0 Å². The van der Waals surface area contributed by atoms with Crippen LogP contribution in [0, 0.1) is 0 Å². The lowest BCUT2D eigenvalue weighted by atomic mass is 9.99. The fraction of sp³-hybridized carbons (Fsp3) is 0.368. The summed E-state index contributed by atoms with van der Waals surface area (Å²) in [6.45, 7) is 1.27. The van der Waals surface area contributed by atoms with Gasteiger partial charge in [0.15, 0.2) is 5.82 Å². The molecule has 0 aliphatic heterocycles. The normalized spacial score (nSPS) is 14.8. The number of urea groups is 1. The Morgan fingerprint density at radius 2 is 1.62 bits per heavy atom. The number of benzene rings is 1. The number of carbonyl (C=O) groups is 2. The smallest absolute Gasteiger partial charge is 0.309 e. The number of rotatable bonds is 4. The maximum Gasteiger partial charge on any atom is 0.333 e. The van der Waals surface area contributed by atoms with Gasteiger partial charge in [0, 0.05) is 18.7 Å². The van der Waals surface area contributed by atoms with Gasteiger partial charge in [0.05, 0.1) is 6.20 Å². The zero-order valence-electron chi connectivity index (χ0n) is 15.9. The molecule has 10 heteroatoms. The van der Waals surface area contributed by atoms with Crippen LogP contribution in [0.4, 0.5) is 16.3 Å². The maximum absolute atomic E-state index is 12.6. The molecule has 0 saturated heterocycles. The van der Waals surface area contributed by atoms with Crippen molar-refractivity contribution in [2.24, 2.45) is 0 Å². The molecule has 2 aromatic rings. The van der Waals surface area contributed by atoms with E-state index in [1.807, 2.05) is 4.72 Å². The number of hydrogen-bond acceptors (Lipinski definition) is 6. The van der Waals surface area contributed by atoms with Gasteiger partial charge >= 0.3 is 6.03 Å². The van der Waals surface area contributed by atoms with Crippen molar-refractivity contribution < 1.29 is 18.0 Å². The second kappa shape index (κ2) is 7.43. The highest BCUT2D eigenvalue weighted by atomic mass is 32.2. The van der Waals surface area contributed by atoms with Crippen LogP contribution >= 0.6 is 0 Å². The first kappa shape index (κ1) is 19.3. The van der Waals surface area contributed by atoms with Gasteiger partial charge in [-0.05, 0) is 60.8 Å². The number of fused-ring (bicyclic) bond motifs is 2. The standard InChI is InChI=1S/C19H21N5O4S/c1-11(25)21-17-9-14(10-20-23-17)29(27,28)24-19(26)22-18-15-6-2-4-12(15)8-13-5-3-7-16(13)18/h8-10H,2-7H2,1H3,(H,21,23,25)(H2,22,24,26). The summed E-state index contributed by atoms with van der Waals surface area (Å²) in [7, 11) is -4.18. The average Bonchev–Trinajstić information content (AvgIpc) is 3.29. The molecule has 29 heavy (non-hydrogen) atoms. The van der Waals surface area contributed by atoms with Gasteiger partial charge in [-0.1, -0.05) is 6.07 Å². The van der Waals surface area contributed by atoms with Crippen LogP contribution in [0.3, 0.4) is 0 Å². The number of sulfonamides is 1. The van der Waals surface area contributed by atoms with Gasteiger partial charge < -0.3 is 10.6 Å². The quantitative estimate of drug-likeness (QED) is 0.699. The Morgan fingerprint density at radius 1 is 0.966 bits per heavy atom. The average molecular weight is 415 g/mol. The fourth-order valence-electron chi connectivity index (χ4n) is 4.02. The summed E-state index contributed by atoms with van der Waals surface area (Å²) in [6.07, 6.45) is 6.78. The Bertz CT molecular complexity index is 1080. The second-order valence-electron chi connectivity index (χ2n) is 7.25. The van der Waals surface area contributed by atoms with Gasteiger partial charge in [0.2, 0.25) is 5.91 Å². The van der Waals surface area contributed by atoms with E-state index in [0.29, 0.717) is 0 Å². The number of nitrogens with one attached hydrogen (secondary N) is 3. The molecule has 0 radical (unpaired) electrons. The second-order valence-corrected chi connectivity index (χ2v) is 8.93. The zero-order chi connectivity index (χ0) is 20.6. The molecule has 3 amide bonds. The van der Waals surface area contributed by atoms with Gasteiger partial charge in [0.1, 0.15) is 4.90 Å². The minimum Gasteiger partial charge on any atom is -0.309 e. The van der Waals surface area contributed by atoms with E-state index in [4.69, 9.17) is 0 Å². The van der Waals surface area contributed by atoms with Crippen molar-refractivity contribution in [1.82, 2.24) is 14.9 Å². The van der Waals surface area contributed by atoms with Crippen LogP contribution in [0.15, 0.2) is 23.2 Å². The number of hydrogen-bond donors (Lipinski definition) is 3. The molecular weight excluding hydrogens is 394 g/mol. The molecule has 1 aromatic heterocycles. The predicted octanol–water partition coefficient (Wildman–Crippen LogP) is 1.92. The van der Waals surface area contributed by atoms with Crippen molar-refractivity contribution in [2.45, 2.75) is 50.3 Å². The Morgan fingerprint density at radius 3 is 2.24 bits per heavy atom. The van der Waals surface area contributed by atoms with Crippen molar-refractivity contribution in [1.29, 1.82) is 0 Å². The Hall–Kier alpha value is -3.01. The molecule has 0 fully saturated rings. The lowest BCUT2D eigenvalue weighted by Crippen LogP contribution is -2.35. The van der Waals surface area contributed by atoms with Gasteiger partial charge in [-0.3, -0.25) is 4.79 Å². The summed E-state index contributed by atoms with van der Waals surface area (Å²) >= 11 is 0. The number of aromatic nitrogens is 2. The van der Waals surface area contributed by atoms with Gasteiger partial charge in [0.25, 0.3) is 10.0 Å². The van der Waals surface area contributed by atoms with E-state index >= 15 is 0 Å². The highest BCUT2D eigenvalue weighted by Crippen LogP contribution is 2.38. The summed E-state index contributed by atoms with van der Waals surface area (Å²) in [5.74, 6) is -0.425. The van der Waals surface area contributed by atoms with Crippen LogP contribution in [0.25, 0.3) is 0 Å². The molecule has 0 saturated carbocycles. The topological polar surface area (TPSA) is 130 Å². The van der Waals surface area contributed by atoms with Crippen molar-refractivity contribution >= 4 is 33.5 Å². The number of nitrogens with zero attached hydrogens (tertiary/aromatic N) is 2. The number of aryl methyl sites for hydroxylation is 2. The highest BCUT2D eigenvalue weighted by Gasteiger charge is 2.26. The van der Waals surface area contributed by atoms with E-state index in [2.05, 4.69) is 26.9 Å². The third kappa shape index (κ3) is 3.93. The maximum atomic E-state index is 12.6. The molecule has 3 N–H and O–H groups in total. The predicted molar refractivity (Wildman–Crippen MR) is 106 cm³/mol. The molecule has 4 rings (SSSR count). The molecule has 1 heterocycles. The lowest BCUT2D eigenvalue weighted by molar-refractivity contribution is -0.114. The molecule has 0 bridgehead atoms. The summed E-state index contributed by atoms with van der Waals surface area (Å²) in [5, 5.41) is 12.4. The van der Waals surface area contributed by atoms with E-state index in [0.717, 1.165) is 67.6 Å². The van der Waals surface area contributed by atoms with E-state index in [9.17, 15) is 18.0 Å². The van der Waals surface area contributed by atoms with Crippen molar-refractivity contribution in [2.75, 3.05) is 10.6 Å². The first-order chi connectivity index (χ1) is 13.8. The monoisotopic (exact) mass is 415 g/mol. The summed E-state index contributed by atoms with van der Waals surface area (Å²) < 4.78 is 27.2. The Kier molecular flexibility index (Phi) is 4.95. The van der Waals surface area contributed by atoms with Gasteiger partial charge in [-0.25, -0.2) is 17.9 Å². The molecule has 0 atom stereocenters. The first-order valence-electron chi connectivity index (χ1n) is 9.44. The molecule has 2 aliphatic carbocycles. The molecule has 0 unspecified atom stereocenters. The van der Waals surface area contributed by atoms with Gasteiger partial charge in [-0.15, -0.1) is 5.10 Å². The van der Waals surface area contributed by atoms with Crippen molar-refractivity contribution in [3.8, 4) is 0 Å². The summed E-state index contributed by atoms with van der Waals surface area (Å²) in [4.78, 5) is 23.4. The van der Waals surface area contributed by atoms with Crippen LogP contribution in [-0.2, 0) is 40.5 Å². The summed E-state index contributed by atoms with van der Waals surface area (Å²) in [5.41, 5.74) is 5.45. The van der Waals surface area contributed by atoms with Crippen LogP contribution in [-0.4, -0.2) is 30.6 Å². The molecule has 0 spiro atoms. The van der Waals surface area contributed by atoms with Crippen molar-refractivity contribution in [3.63, 3.8) is 0 Å². The third-order valence-corrected chi connectivity index (χ3v) is 6.48. The van der Waals surface area contributed by atoms with E-state index in [1.54, 1.807) is 0 Å². The zero-order valence-corrected chi connectivity index (χ0v) is 16.7. The lowest BCUT2D eigenvalue weighted by Gasteiger charge is -2.16. The largest absolute Gasteiger partial charge is 0.333 e. The van der Waals surface area contributed by atoms with E-state index < -0.39 is 22.0 Å². The molecule has 9 nitrogen and oxygen atoms in total. The van der Waals surface area contributed by atoms with E-state index in [1.165, 1.54) is 18.1 Å². The molecule has 152 valence electrons. The minimum absolute atomic E-state index is 0.0144. The Balaban J connectivity index is 1.56. The third-order valence-electron chi connectivity index (χ3n) is 5.18. The first-order valence-corrected chi connectivity index (χ1v) is 10.9. The Labute approximate surface area is 168 Å². The number of amides is 3. The molecular formula is C19H21N5O4S. The number of carbonyl (C=O) groups excluding carboxylic acids is 2. The van der Waals surface area contributed by atoms with Crippen LogP contribution in [0.5, 0.6) is 0 Å². The SMILES string of the molecule is CC(=O)Nc1cc(S(=O)(=O)NC(=O)Nc2c3c(cc4c2CCC4)CCC3)cnn1. The fourth-order valence-corrected chi connectivity index (χ4v) is 4.89. The van der Waals surface area contributed by atoms with E-state index in [-0.39, 0.29) is 10.7 Å². The van der Waals surface area contributed by atoms with Gasteiger partial charge in [-0.2, -0.15) is 5.10 Å². The van der Waals surface area contributed by atoms with Crippen LogP contribution < -0.4 is 15.4 Å². The highest BCUT2D eigenvalue weighted by molar-refractivity contribution is 7.90. The van der Waals surface area contributed by atoms with Crippen molar-refractivity contribution in [3.05, 3.63) is 40.6 Å². The summed E-state index contributed by atoms with van der Waals surface area (Å²) in [6, 6.07) is 2.55. The number of anilines is 2. The van der Waals surface area contributed by atoms with Crippen LogP contribution in [0.2, 0.25) is 0 Å². The minimum atomic E-state index is -4.18. The molecule has 1 aromatic carbocycles.